The Morgan fingerprint density at radius 1 is 1.20 bits per heavy atom. The zero-order valence-electron chi connectivity index (χ0n) is 13.4. The molecule has 1 atom stereocenters. The van der Waals surface area contributed by atoms with Gasteiger partial charge < -0.3 is 0 Å². The maximum absolute atomic E-state index is 6.14. The summed E-state index contributed by atoms with van der Waals surface area (Å²) in [7, 11) is 0. The fourth-order valence-electron chi connectivity index (χ4n) is 3.30. The van der Waals surface area contributed by atoms with E-state index in [-0.39, 0.29) is 5.38 Å². The van der Waals surface area contributed by atoms with Crippen LogP contribution in [0.1, 0.15) is 81.8 Å². The number of alkyl halides is 1. The predicted molar refractivity (Wildman–Crippen MR) is 85.2 cm³/mol. The maximum Gasteiger partial charge on any atom is 0.131 e. The third kappa shape index (κ3) is 3.52. The molecule has 1 aliphatic carbocycles. The highest BCUT2D eigenvalue weighted by Crippen LogP contribution is 2.42. The molecule has 1 aliphatic rings. The molecule has 3 heteroatoms. The molecule has 0 saturated heterocycles. The van der Waals surface area contributed by atoms with E-state index in [0.29, 0.717) is 11.3 Å². The van der Waals surface area contributed by atoms with Crippen LogP contribution in [-0.2, 0) is 0 Å². The molecule has 1 unspecified atom stereocenters. The Morgan fingerprint density at radius 2 is 1.80 bits per heavy atom. The van der Waals surface area contributed by atoms with Gasteiger partial charge in [-0.05, 0) is 50.9 Å². The second kappa shape index (κ2) is 6.01. The highest BCUT2D eigenvalue weighted by Gasteiger charge is 2.31. The van der Waals surface area contributed by atoms with Crippen LogP contribution in [-0.4, -0.2) is 9.97 Å². The molecule has 1 fully saturated rings. The van der Waals surface area contributed by atoms with E-state index in [1.807, 2.05) is 20.0 Å². The van der Waals surface area contributed by atoms with Gasteiger partial charge in [0.1, 0.15) is 5.82 Å². The van der Waals surface area contributed by atoms with Crippen LogP contribution in [0.5, 0.6) is 0 Å². The second-order valence-corrected chi connectivity index (χ2v) is 7.95. The first-order valence-electron chi connectivity index (χ1n) is 7.76. The molecule has 1 heterocycles. The van der Waals surface area contributed by atoms with Gasteiger partial charge in [0.15, 0.2) is 0 Å². The Bertz CT molecular complexity index is 455. The highest BCUT2D eigenvalue weighted by atomic mass is 35.5. The summed E-state index contributed by atoms with van der Waals surface area (Å²) in [6, 6.07) is 0. The Balaban J connectivity index is 2.06. The zero-order valence-corrected chi connectivity index (χ0v) is 14.2. The predicted octanol–water partition coefficient (Wildman–Crippen LogP) is 5.40. The molecular weight excluding hydrogens is 268 g/mol. The van der Waals surface area contributed by atoms with Crippen LogP contribution in [0.25, 0.3) is 0 Å². The van der Waals surface area contributed by atoms with Crippen molar-refractivity contribution in [2.24, 2.45) is 11.3 Å². The van der Waals surface area contributed by atoms with Gasteiger partial charge in [-0.2, -0.15) is 0 Å². The maximum atomic E-state index is 6.14. The van der Waals surface area contributed by atoms with Crippen molar-refractivity contribution in [2.45, 2.75) is 71.6 Å². The molecule has 112 valence electrons. The summed E-state index contributed by atoms with van der Waals surface area (Å²) in [6.45, 7) is 11.1. The van der Waals surface area contributed by atoms with Crippen LogP contribution < -0.4 is 0 Å². The van der Waals surface area contributed by atoms with Crippen LogP contribution in [0.3, 0.4) is 0 Å². The first-order chi connectivity index (χ1) is 9.29. The Labute approximate surface area is 128 Å². The van der Waals surface area contributed by atoms with Crippen LogP contribution >= 0.6 is 11.6 Å². The Morgan fingerprint density at radius 3 is 2.25 bits per heavy atom. The van der Waals surface area contributed by atoms with Gasteiger partial charge in [0.05, 0.1) is 5.38 Å². The molecule has 1 aromatic rings. The lowest BCUT2D eigenvalue weighted by atomic mass is 9.69. The lowest BCUT2D eigenvalue weighted by molar-refractivity contribution is 0.167. The standard InChI is InChI=1S/C17H27ClN2/c1-11(18)15-10-19-16(20-12(15)2)13-6-8-14(9-7-13)17(3,4)5/h10-11,13-14H,6-9H2,1-5H3. The topological polar surface area (TPSA) is 25.8 Å². The summed E-state index contributed by atoms with van der Waals surface area (Å²) in [5, 5.41) is -0.0133. The molecule has 0 spiro atoms. The minimum Gasteiger partial charge on any atom is -0.241 e. The molecule has 0 aromatic carbocycles. The number of hydrogen-bond acceptors (Lipinski definition) is 2. The van der Waals surface area contributed by atoms with Gasteiger partial charge in [-0.1, -0.05) is 20.8 Å². The van der Waals surface area contributed by atoms with Gasteiger partial charge in [-0.15, -0.1) is 11.6 Å². The minimum absolute atomic E-state index is 0.0133. The molecule has 20 heavy (non-hydrogen) atoms. The zero-order chi connectivity index (χ0) is 14.9. The van der Waals surface area contributed by atoms with Crippen molar-refractivity contribution in [3.05, 3.63) is 23.3 Å². The third-order valence-corrected chi connectivity index (χ3v) is 5.02. The van der Waals surface area contributed by atoms with E-state index in [2.05, 4.69) is 25.8 Å². The lowest BCUT2D eigenvalue weighted by Crippen LogP contribution is -2.26. The van der Waals surface area contributed by atoms with E-state index in [1.54, 1.807) is 0 Å². The number of halogens is 1. The van der Waals surface area contributed by atoms with Crippen molar-refractivity contribution >= 4 is 11.6 Å². The van der Waals surface area contributed by atoms with Gasteiger partial charge >= 0.3 is 0 Å². The van der Waals surface area contributed by atoms with Gasteiger partial charge in [0, 0.05) is 23.4 Å². The lowest BCUT2D eigenvalue weighted by Gasteiger charge is -2.36. The second-order valence-electron chi connectivity index (χ2n) is 7.30. The summed E-state index contributed by atoms with van der Waals surface area (Å²) in [4.78, 5) is 9.29. The van der Waals surface area contributed by atoms with Gasteiger partial charge in [0.2, 0.25) is 0 Å². The highest BCUT2D eigenvalue weighted by molar-refractivity contribution is 6.20. The van der Waals surface area contributed by atoms with E-state index < -0.39 is 0 Å². The quantitative estimate of drug-likeness (QED) is 0.682. The van der Waals surface area contributed by atoms with Crippen molar-refractivity contribution in [2.75, 3.05) is 0 Å². The average Bonchev–Trinajstić information content (AvgIpc) is 2.37. The molecule has 2 rings (SSSR count). The van der Waals surface area contributed by atoms with E-state index >= 15 is 0 Å². The monoisotopic (exact) mass is 294 g/mol. The van der Waals surface area contributed by atoms with Gasteiger partial charge in [0.25, 0.3) is 0 Å². The first-order valence-corrected chi connectivity index (χ1v) is 8.20. The number of nitrogens with zero attached hydrogens (tertiary/aromatic N) is 2. The van der Waals surface area contributed by atoms with Crippen LogP contribution in [0, 0.1) is 18.3 Å². The molecule has 0 N–H and O–H groups in total. The summed E-state index contributed by atoms with van der Waals surface area (Å²) in [5.41, 5.74) is 2.52. The fourth-order valence-corrected chi connectivity index (χ4v) is 3.51. The molecule has 0 radical (unpaired) electrons. The molecular formula is C17H27ClN2. The normalized spacial score (nSPS) is 25.5. The van der Waals surface area contributed by atoms with Crippen LogP contribution in [0.4, 0.5) is 0 Å². The summed E-state index contributed by atoms with van der Waals surface area (Å²) < 4.78 is 0. The summed E-state index contributed by atoms with van der Waals surface area (Å²) in [5.74, 6) is 2.39. The van der Waals surface area contributed by atoms with Gasteiger partial charge in [-0.25, -0.2) is 9.97 Å². The van der Waals surface area contributed by atoms with E-state index in [1.165, 1.54) is 25.7 Å². The minimum atomic E-state index is -0.0133. The SMILES string of the molecule is Cc1nc(C2CCC(C(C)(C)C)CC2)ncc1C(C)Cl. The molecule has 1 saturated carbocycles. The molecule has 1 aromatic heterocycles. The summed E-state index contributed by atoms with van der Waals surface area (Å²) in [6.07, 6.45) is 6.95. The smallest absolute Gasteiger partial charge is 0.131 e. The van der Waals surface area contributed by atoms with Crippen molar-refractivity contribution in [1.29, 1.82) is 0 Å². The largest absolute Gasteiger partial charge is 0.241 e. The first kappa shape index (κ1) is 15.8. The van der Waals surface area contributed by atoms with Crippen LogP contribution in [0.15, 0.2) is 6.20 Å². The molecule has 2 nitrogen and oxygen atoms in total. The number of hydrogen-bond donors (Lipinski definition) is 0. The van der Waals surface area contributed by atoms with Crippen molar-refractivity contribution in [3.63, 3.8) is 0 Å². The average molecular weight is 295 g/mol. The Hall–Kier alpha value is -0.630. The van der Waals surface area contributed by atoms with Gasteiger partial charge in [-0.3, -0.25) is 0 Å². The number of aromatic nitrogens is 2. The van der Waals surface area contributed by atoms with Crippen molar-refractivity contribution < 1.29 is 0 Å². The number of aryl methyl sites for hydroxylation is 1. The summed E-state index contributed by atoms with van der Waals surface area (Å²) >= 11 is 6.14. The Kier molecular flexibility index (Phi) is 4.73. The fraction of sp³-hybridized carbons (Fsp3) is 0.765. The van der Waals surface area contributed by atoms with Crippen LogP contribution in [0.2, 0.25) is 0 Å². The molecule has 0 aliphatic heterocycles. The van der Waals surface area contributed by atoms with E-state index in [9.17, 15) is 0 Å². The number of rotatable bonds is 2. The molecule has 0 bridgehead atoms. The van der Waals surface area contributed by atoms with Crippen molar-refractivity contribution in [3.8, 4) is 0 Å². The van der Waals surface area contributed by atoms with E-state index in [4.69, 9.17) is 16.6 Å². The third-order valence-electron chi connectivity index (χ3n) is 4.78. The van der Waals surface area contributed by atoms with E-state index in [0.717, 1.165) is 23.0 Å². The van der Waals surface area contributed by atoms with Crippen molar-refractivity contribution in [1.82, 2.24) is 9.97 Å². The molecule has 0 amide bonds.